The molecule has 0 saturated carbocycles. The zero-order valence-electron chi connectivity index (χ0n) is 10.6. The first kappa shape index (κ1) is 13.1. The fraction of sp³-hybridized carbons (Fsp3) is 0.231. The number of aromatic amines is 1. The standard InChI is InChI=1S/C13H16N4O2/c1-19-10-4-2-9(3-5-10)11-8-12(18)17-13(16-11)15-7-6-14/h2-5,8H,6-7,14H2,1H3,(H2,15,16,17,18). The van der Waals surface area contributed by atoms with Crippen molar-refractivity contribution in [3.8, 4) is 17.0 Å². The van der Waals surface area contributed by atoms with E-state index in [1.165, 1.54) is 6.07 Å². The predicted octanol–water partition coefficient (Wildman–Crippen LogP) is 0.816. The molecule has 0 aliphatic carbocycles. The monoisotopic (exact) mass is 260 g/mol. The number of nitrogens with one attached hydrogen (secondary N) is 2. The summed E-state index contributed by atoms with van der Waals surface area (Å²) in [5, 5.41) is 2.95. The molecule has 2 aromatic rings. The predicted molar refractivity (Wildman–Crippen MR) is 74.4 cm³/mol. The van der Waals surface area contributed by atoms with Gasteiger partial charge in [-0.25, -0.2) is 4.98 Å². The van der Waals surface area contributed by atoms with Gasteiger partial charge in [0, 0.05) is 24.7 Å². The van der Waals surface area contributed by atoms with Crippen molar-refractivity contribution in [2.24, 2.45) is 5.73 Å². The van der Waals surface area contributed by atoms with Crippen molar-refractivity contribution in [2.75, 3.05) is 25.5 Å². The van der Waals surface area contributed by atoms with Crippen LogP contribution in [0.25, 0.3) is 11.3 Å². The van der Waals surface area contributed by atoms with Crippen LogP contribution >= 0.6 is 0 Å². The molecule has 0 fully saturated rings. The quantitative estimate of drug-likeness (QED) is 0.740. The van der Waals surface area contributed by atoms with Crippen LogP contribution < -0.4 is 21.3 Å². The van der Waals surface area contributed by atoms with Crippen molar-refractivity contribution in [2.45, 2.75) is 0 Å². The molecule has 6 heteroatoms. The number of hydrogen-bond donors (Lipinski definition) is 3. The normalized spacial score (nSPS) is 10.2. The minimum Gasteiger partial charge on any atom is -0.497 e. The number of nitrogens with zero attached hydrogens (tertiary/aromatic N) is 1. The summed E-state index contributed by atoms with van der Waals surface area (Å²) in [6, 6.07) is 8.81. The molecule has 0 aliphatic heterocycles. The number of ether oxygens (including phenoxy) is 1. The highest BCUT2D eigenvalue weighted by Crippen LogP contribution is 2.19. The largest absolute Gasteiger partial charge is 0.497 e. The Morgan fingerprint density at radius 1 is 1.37 bits per heavy atom. The first-order valence-electron chi connectivity index (χ1n) is 5.92. The number of nitrogens with two attached hydrogens (primary N) is 1. The molecule has 100 valence electrons. The van der Waals surface area contributed by atoms with Crippen molar-refractivity contribution in [1.29, 1.82) is 0 Å². The van der Waals surface area contributed by atoms with Gasteiger partial charge in [-0.3, -0.25) is 9.78 Å². The second-order valence-corrected chi connectivity index (χ2v) is 3.92. The summed E-state index contributed by atoms with van der Waals surface area (Å²) >= 11 is 0. The number of H-pyrrole nitrogens is 1. The molecular weight excluding hydrogens is 244 g/mol. The molecule has 2 rings (SSSR count). The lowest BCUT2D eigenvalue weighted by atomic mass is 10.1. The molecule has 0 saturated heterocycles. The summed E-state index contributed by atoms with van der Waals surface area (Å²) in [5.41, 5.74) is 6.64. The maximum Gasteiger partial charge on any atom is 0.252 e. The van der Waals surface area contributed by atoms with Crippen LogP contribution in [0, 0.1) is 0 Å². The summed E-state index contributed by atoms with van der Waals surface area (Å²) in [5.74, 6) is 1.18. The van der Waals surface area contributed by atoms with Crippen molar-refractivity contribution < 1.29 is 4.74 Å². The van der Waals surface area contributed by atoms with E-state index in [-0.39, 0.29) is 5.56 Å². The van der Waals surface area contributed by atoms with Crippen LogP contribution in [0.2, 0.25) is 0 Å². The number of rotatable bonds is 5. The van der Waals surface area contributed by atoms with E-state index >= 15 is 0 Å². The Labute approximate surface area is 110 Å². The Bertz CT molecular complexity index is 592. The lowest BCUT2D eigenvalue weighted by Crippen LogP contribution is -2.18. The summed E-state index contributed by atoms with van der Waals surface area (Å²) in [6.45, 7) is 1.02. The van der Waals surface area contributed by atoms with Crippen LogP contribution in [0.15, 0.2) is 35.1 Å². The number of aromatic nitrogens is 2. The molecule has 0 aliphatic rings. The molecular formula is C13H16N4O2. The van der Waals surface area contributed by atoms with Gasteiger partial charge in [-0.1, -0.05) is 0 Å². The van der Waals surface area contributed by atoms with Gasteiger partial charge in [-0.15, -0.1) is 0 Å². The number of hydrogen-bond acceptors (Lipinski definition) is 5. The van der Waals surface area contributed by atoms with E-state index in [1.807, 2.05) is 24.3 Å². The van der Waals surface area contributed by atoms with E-state index < -0.39 is 0 Å². The van der Waals surface area contributed by atoms with Gasteiger partial charge in [0.05, 0.1) is 12.8 Å². The van der Waals surface area contributed by atoms with Crippen LogP contribution in [-0.2, 0) is 0 Å². The maximum atomic E-state index is 11.6. The minimum atomic E-state index is -0.208. The number of methoxy groups -OCH3 is 1. The highest BCUT2D eigenvalue weighted by Gasteiger charge is 2.04. The van der Waals surface area contributed by atoms with Crippen molar-refractivity contribution in [3.63, 3.8) is 0 Å². The van der Waals surface area contributed by atoms with Gasteiger partial charge in [0.15, 0.2) is 0 Å². The van der Waals surface area contributed by atoms with E-state index in [0.717, 1.165) is 11.3 Å². The van der Waals surface area contributed by atoms with E-state index in [4.69, 9.17) is 10.5 Å². The van der Waals surface area contributed by atoms with Crippen molar-refractivity contribution >= 4 is 5.95 Å². The van der Waals surface area contributed by atoms with Gasteiger partial charge in [-0.05, 0) is 24.3 Å². The second-order valence-electron chi connectivity index (χ2n) is 3.92. The molecule has 1 aromatic carbocycles. The topological polar surface area (TPSA) is 93.0 Å². The van der Waals surface area contributed by atoms with Crippen molar-refractivity contribution in [1.82, 2.24) is 9.97 Å². The maximum absolute atomic E-state index is 11.6. The van der Waals surface area contributed by atoms with Crippen LogP contribution in [0.5, 0.6) is 5.75 Å². The molecule has 0 atom stereocenters. The average Bonchev–Trinajstić information content (AvgIpc) is 2.44. The smallest absolute Gasteiger partial charge is 0.252 e. The zero-order valence-corrected chi connectivity index (χ0v) is 10.6. The van der Waals surface area contributed by atoms with Gasteiger partial charge < -0.3 is 15.8 Å². The molecule has 0 amide bonds. The Balaban J connectivity index is 2.32. The number of benzene rings is 1. The summed E-state index contributed by atoms with van der Waals surface area (Å²) in [4.78, 5) is 18.5. The first-order chi connectivity index (χ1) is 9.22. The van der Waals surface area contributed by atoms with E-state index in [9.17, 15) is 4.79 Å². The second kappa shape index (κ2) is 6.01. The van der Waals surface area contributed by atoms with Gasteiger partial charge in [-0.2, -0.15) is 0 Å². The van der Waals surface area contributed by atoms with Crippen molar-refractivity contribution in [3.05, 3.63) is 40.7 Å². The summed E-state index contributed by atoms with van der Waals surface area (Å²) in [7, 11) is 1.61. The third-order valence-corrected chi connectivity index (χ3v) is 2.56. The zero-order chi connectivity index (χ0) is 13.7. The van der Waals surface area contributed by atoms with Gasteiger partial charge >= 0.3 is 0 Å². The SMILES string of the molecule is COc1ccc(-c2cc(=O)[nH]c(NCCN)n2)cc1. The Morgan fingerprint density at radius 3 is 2.74 bits per heavy atom. The highest BCUT2D eigenvalue weighted by atomic mass is 16.5. The van der Waals surface area contributed by atoms with Gasteiger partial charge in [0.25, 0.3) is 5.56 Å². The van der Waals surface area contributed by atoms with E-state index in [2.05, 4.69) is 15.3 Å². The van der Waals surface area contributed by atoms with E-state index in [1.54, 1.807) is 7.11 Å². The molecule has 0 spiro atoms. The molecule has 1 aromatic heterocycles. The molecule has 0 unspecified atom stereocenters. The molecule has 19 heavy (non-hydrogen) atoms. The fourth-order valence-electron chi connectivity index (χ4n) is 1.64. The van der Waals surface area contributed by atoms with Gasteiger partial charge in [0.1, 0.15) is 5.75 Å². The lowest BCUT2D eigenvalue weighted by Gasteiger charge is -2.06. The average molecular weight is 260 g/mol. The molecule has 6 nitrogen and oxygen atoms in total. The molecule has 0 radical (unpaired) electrons. The summed E-state index contributed by atoms with van der Waals surface area (Å²) < 4.78 is 5.09. The minimum absolute atomic E-state index is 0.208. The molecule has 0 bridgehead atoms. The van der Waals surface area contributed by atoms with E-state index in [0.29, 0.717) is 24.7 Å². The molecule has 4 N–H and O–H groups in total. The molecule has 1 heterocycles. The van der Waals surface area contributed by atoms with Crippen LogP contribution in [0.1, 0.15) is 0 Å². The fourth-order valence-corrected chi connectivity index (χ4v) is 1.64. The Kier molecular flexibility index (Phi) is 4.15. The first-order valence-corrected chi connectivity index (χ1v) is 5.92. The van der Waals surface area contributed by atoms with Crippen LogP contribution in [-0.4, -0.2) is 30.2 Å². The highest BCUT2D eigenvalue weighted by molar-refractivity contribution is 5.60. The third kappa shape index (κ3) is 3.32. The summed E-state index contributed by atoms with van der Waals surface area (Å²) in [6.07, 6.45) is 0. The Morgan fingerprint density at radius 2 is 2.11 bits per heavy atom. The lowest BCUT2D eigenvalue weighted by molar-refractivity contribution is 0.415. The third-order valence-electron chi connectivity index (χ3n) is 2.56. The van der Waals surface area contributed by atoms with Gasteiger partial charge in [0.2, 0.25) is 5.95 Å². The number of anilines is 1. The van der Waals surface area contributed by atoms with Crippen LogP contribution in [0.3, 0.4) is 0 Å². The Hall–Kier alpha value is -2.34. The van der Waals surface area contributed by atoms with Crippen LogP contribution in [0.4, 0.5) is 5.95 Å².